The lowest BCUT2D eigenvalue weighted by molar-refractivity contribution is -0.132. The van der Waals surface area contributed by atoms with Crippen LogP contribution in [-0.2, 0) is 4.79 Å². The maximum Gasteiger partial charge on any atom is 0.257 e. The third-order valence-electron chi connectivity index (χ3n) is 8.00. The predicted octanol–water partition coefficient (Wildman–Crippen LogP) is 4.30. The number of benzene rings is 1. The van der Waals surface area contributed by atoms with Crippen LogP contribution in [0, 0.1) is 11.8 Å². The van der Waals surface area contributed by atoms with Crippen molar-refractivity contribution in [2.24, 2.45) is 22.6 Å². The second kappa shape index (κ2) is 10.8. The number of likely N-dealkylation sites (tertiary alicyclic amines) is 1. The number of amides is 2. The van der Waals surface area contributed by atoms with E-state index < -0.39 is 5.54 Å². The maximum atomic E-state index is 13.7. The topological polar surface area (TPSA) is 99.2 Å². The minimum Gasteiger partial charge on any atom is -0.508 e. The first-order chi connectivity index (χ1) is 16.4. The Hall–Kier alpha value is -2.57. The number of phenols is 1. The van der Waals surface area contributed by atoms with Gasteiger partial charge in [-0.2, -0.15) is 0 Å². The quantitative estimate of drug-likeness (QED) is 0.594. The molecule has 0 aromatic heterocycles. The highest BCUT2D eigenvalue weighted by molar-refractivity contribution is 6.06. The zero-order valence-corrected chi connectivity index (χ0v) is 20.5. The Balaban J connectivity index is 1.36. The summed E-state index contributed by atoms with van der Waals surface area (Å²) in [5.41, 5.74) is 6.29. The van der Waals surface area contributed by atoms with E-state index in [0.29, 0.717) is 43.0 Å². The number of unbranched alkanes of at least 4 members (excludes halogenated alkanes) is 1. The second-order valence-electron chi connectivity index (χ2n) is 10.5. The first-order valence-corrected chi connectivity index (χ1v) is 13.2. The average molecular weight is 469 g/mol. The Morgan fingerprint density at radius 1 is 1.09 bits per heavy atom. The Morgan fingerprint density at radius 3 is 2.41 bits per heavy atom. The van der Waals surface area contributed by atoms with Gasteiger partial charge in [-0.1, -0.05) is 51.9 Å². The highest BCUT2D eigenvalue weighted by Crippen LogP contribution is 2.39. The summed E-state index contributed by atoms with van der Waals surface area (Å²) in [7, 11) is 0. The molecule has 3 N–H and O–H groups in total. The molecule has 1 unspecified atom stereocenters. The molecule has 1 saturated heterocycles. The van der Waals surface area contributed by atoms with Gasteiger partial charge in [-0.05, 0) is 61.8 Å². The normalized spacial score (nSPS) is 24.5. The van der Waals surface area contributed by atoms with Gasteiger partial charge in [-0.15, -0.1) is 0 Å². The van der Waals surface area contributed by atoms with Crippen molar-refractivity contribution in [3.05, 3.63) is 29.8 Å². The van der Waals surface area contributed by atoms with Crippen LogP contribution in [0.1, 0.15) is 87.9 Å². The van der Waals surface area contributed by atoms with E-state index in [9.17, 15) is 14.7 Å². The molecule has 0 spiro atoms. The van der Waals surface area contributed by atoms with E-state index in [1.54, 1.807) is 29.2 Å². The first kappa shape index (κ1) is 24.6. The SMILES string of the molecule is CCCCC1(CC2CCCCC2)N=C(N)N(CC2CCN(C(=O)c3ccc(O)cc3)CC2)C1=O. The van der Waals surface area contributed by atoms with Crippen LogP contribution in [0.25, 0.3) is 0 Å². The lowest BCUT2D eigenvalue weighted by atomic mass is 9.77. The molecule has 1 aliphatic carbocycles. The fourth-order valence-electron chi connectivity index (χ4n) is 5.96. The number of phenolic OH excluding ortho intramolecular Hbond substituents is 1. The summed E-state index contributed by atoms with van der Waals surface area (Å²) in [6, 6.07) is 6.40. The summed E-state index contributed by atoms with van der Waals surface area (Å²) in [6.45, 7) is 4.07. The van der Waals surface area contributed by atoms with Crippen molar-refractivity contribution < 1.29 is 14.7 Å². The number of rotatable bonds is 8. The van der Waals surface area contributed by atoms with Crippen LogP contribution in [0.2, 0.25) is 0 Å². The maximum absolute atomic E-state index is 13.7. The van der Waals surface area contributed by atoms with Crippen molar-refractivity contribution >= 4 is 17.8 Å². The van der Waals surface area contributed by atoms with E-state index >= 15 is 0 Å². The van der Waals surface area contributed by atoms with Gasteiger partial charge in [0.2, 0.25) is 0 Å². The summed E-state index contributed by atoms with van der Waals surface area (Å²) in [5, 5.41) is 9.46. The summed E-state index contributed by atoms with van der Waals surface area (Å²) < 4.78 is 0. The van der Waals surface area contributed by atoms with Crippen molar-refractivity contribution in [1.82, 2.24) is 9.80 Å². The van der Waals surface area contributed by atoms with Crippen LogP contribution in [0.5, 0.6) is 5.75 Å². The summed E-state index contributed by atoms with van der Waals surface area (Å²) in [6.07, 6.45) is 11.5. The number of aromatic hydroxyl groups is 1. The molecule has 1 atom stereocenters. The third kappa shape index (κ3) is 5.39. The predicted molar refractivity (Wildman–Crippen MR) is 134 cm³/mol. The molecule has 2 amide bonds. The van der Waals surface area contributed by atoms with Gasteiger partial charge in [0, 0.05) is 25.2 Å². The van der Waals surface area contributed by atoms with Gasteiger partial charge >= 0.3 is 0 Å². The fourth-order valence-corrected chi connectivity index (χ4v) is 5.96. The molecule has 3 aliphatic rings. The summed E-state index contributed by atoms with van der Waals surface area (Å²) >= 11 is 0. The van der Waals surface area contributed by atoms with Gasteiger partial charge in [-0.25, -0.2) is 4.99 Å². The Bertz CT molecular complexity index is 886. The monoisotopic (exact) mass is 468 g/mol. The largest absolute Gasteiger partial charge is 0.508 e. The lowest BCUT2D eigenvalue weighted by Gasteiger charge is -2.35. The number of nitrogens with zero attached hydrogens (tertiary/aromatic N) is 3. The van der Waals surface area contributed by atoms with Crippen LogP contribution in [-0.4, -0.2) is 57.9 Å². The van der Waals surface area contributed by atoms with E-state index in [0.717, 1.165) is 38.5 Å². The molecule has 2 fully saturated rings. The van der Waals surface area contributed by atoms with Crippen molar-refractivity contribution in [1.29, 1.82) is 0 Å². The third-order valence-corrected chi connectivity index (χ3v) is 8.00. The number of piperidine rings is 1. The van der Waals surface area contributed by atoms with Crippen molar-refractivity contribution in [3.63, 3.8) is 0 Å². The number of carbonyl (C=O) groups is 2. The molecule has 2 aliphatic heterocycles. The van der Waals surface area contributed by atoms with E-state index in [1.807, 2.05) is 4.90 Å². The van der Waals surface area contributed by atoms with Gasteiger partial charge in [-0.3, -0.25) is 14.5 Å². The Morgan fingerprint density at radius 2 is 1.76 bits per heavy atom. The van der Waals surface area contributed by atoms with Crippen molar-refractivity contribution in [2.45, 2.75) is 83.1 Å². The lowest BCUT2D eigenvalue weighted by Crippen LogP contribution is -2.49. The van der Waals surface area contributed by atoms with Crippen LogP contribution < -0.4 is 5.73 Å². The first-order valence-electron chi connectivity index (χ1n) is 13.2. The summed E-state index contributed by atoms with van der Waals surface area (Å²) in [4.78, 5) is 35.0. The highest BCUT2D eigenvalue weighted by Gasteiger charge is 2.48. The van der Waals surface area contributed by atoms with Crippen molar-refractivity contribution in [2.75, 3.05) is 19.6 Å². The number of hydrogen-bond acceptors (Lipinski definition) is 5. The van der Waals surface area contributed by atoms with Crippen LogP contribution >= 0.6 is 0 Å². The molecule has 186 valence electrons. The molecule has 7 heteroatoms. The highest BCUT2D eigenvalue weighted by atomic mass is 16.3. The number of hydrogen-bond donors (Lipinski definition) is 2. The Labute approximate surface area is 203 Å². The number of carbonyl (C=O) groups excluding carboxylic acids is 2. The zero-order valence-electron chi connectivity index (χ0n) is 20.5. The van der Waals surface area contributed by atoms with E-state index in [1.165, 1.54) is 32.1 Å². The standard InChI is InChI=1S/C27H40N4O3/c1-2-3-15-27(18-20-7-5-4-6-8-20)25(34)31(26(28)29-27)19-21-13-16-30(17-14-21)24(33)22-9-11-23(32)12-10-22/h9-12,20-21,32H,2-8,13-19H2,1H3,(H2,28,29). The zero-order chi connectivity index (χ0) is 24.1. The van der Waals surface area contributed by atoms with E-state index in [2.05, 4.69) is 6.92 Å². The number of aliphatic imine (C=N–C) groups is 1. The van der Waals surface area contributed by atoms with Gasteiger partial charge in [0.05, 0.1) is 0 Å². The van der Waals surface area contributed by atoms with E-state index in [4.69, 9.17) is 10.7 Å². The van der Waals surface area contributed by atoms with E-state index in [-0.39, 0.29) is 17.6 Å². The molecule has 1 aromatic rings. The number of guanidine groups is 1. The molecular formula is C27H40N4O3. The molecule has 1 aromatic carbocycles. The number of nitrogens with two attached hydrogens (primary N) is 1. The minimum atomic E-state index is -0.669. The minimum absolute atomic E-state index is 0.0113. The van der Waals surface area contributed by atoms with Gasteiger partial charge in [0.15, 0.2) is 5.96 Å². The molecule has 34 heavy (non-hydrogen) atoms. The molecule has 0 radical (unpaired) electrons. The molecule has 7 nitrogen and oxygen atoms in total. The summed E-state index contributed by atoms with van der Waals surface area (Å²) in [5.74, 6) is 1.51. The van der Waals surface area contributed by atoms with Crippen LogP contribution in [0.15, 0.2) is 29.3 Å². The Kier molecular flexibility index (Phi) is 7.79. The second-order valence-corrected chi connectivity index (χ2v) is 10.5. The molecule has 1 saturated carbocycles. The smallest absolute Gasteiger partial charge is 0.257 e. The molecule has 2 heterocycles. The van der Waals surface area contributed by atoms with Gasteiger partial charge in [0.25, 0.3) is 11.8 Å². The van der Waals surface area contributed by atoms with Crippen LogP contribution in [0.3, 0.4) is 0 Å². The average Bonchev–Trinajstić information content (AvgIpc) is 3.08. The molecule has 4 rings (SSSR count). The fraction of sp³-hybridized carbons (Fsp3) is 0.667. The molecular weight excluding hydrogens is 428 g/mol. The molecule has 0 bridgehead atoms. The van der Waals surface area contributed by atoms with Gasteiger partial charge in [0.1, 0.15) is 11.3 Å². The van der Waals surface area contributed by atoms with Gasteiger partial charge < -0.3 is 15.7 Å². The van der Waals surface area contributed by atoms with Crippen molar-refractivity contribution in [3.8, 4) is 5.75 Å². The van der Waals surface area contributed by atoms with Crippen LogP contribution in [0.4, 0.5) is 0 Å².